The summed E-state index contributed by atoms with van der Waals surface area (Å²) >= 11 is 11.5. The molecule has 0 aliphatic carbocycles. The Morgan fingerprint density at radius 2 is 1.41 bits per heavy atom. The van der Waals surface area contributed by atoms with Crippen LogP contribution in [-0.4, -0.2) is 16.5 Å². The molecule has 3 aromatic carbocycles. The van der Waals surface area contributed by atoms with E-state index >= 15 is 0 Å². The molecule has 4 rings (SSSR count). The molecule has 4 aromatic rings. The Balaban J connectivity index is 0.000000436. The normalized spacial score (nSPS) is 12.0. The number of hydrogen-bond acceptors (Lipinski definition) is 3. The van der Waals surface area contributed by atoms with Crippen LogP contribution in [0.15, 0.2) is 79.3 Å². The maximum Gasteiger partial charge on any atom is 0.417 e. The number of imidazole rings is 1. The Kier molecular flexibility index (Phi) is 10.3. The molecule has 0 aliphatic heterocycles. The van der Waals surface area contributed by atoms with E-state index in [1.165, 1.54) is 35.2 Å². The zero-order valence-corrected chi connectivity index (χ0v) is 23.8. The first kappa shape index (κ1) is 32.1. The Hall–Kier alpha value is -3.37. The van der Waals surface area contributed by atoms with Gasteiger partial charge in [-0.15, -0.1) is 0 Å². The quantitative estimate of drug-likeness (QED) is 0.203. The molecule has 12 heteroatoms. The third kappa shape index (κ3) is 8.33. The summed E-state index contributed by atoms with van der Waals surface area (Å²) in [6.45, 7) is 6.33. The molecule has 0 aliphatic rings. The number of para-hydroxylation sites is 1. The van der Waals surface area contributed by atoms with Gasteiger partial charge >= 0.3 is 12.4 Å². The second-order valence-electron chi connectivity index (χ2n) is 9.47. The minimum atomic E-state index is -4.71. The molecule has 0 unspecified atom stereocenters. The fourth-order valence-corrected chi connectivity index (χ4v) is 4.54. The third-order valence-corrected chi connectivity index (χ3v) is 6.92. The van der Waals surface area contributed by atoms with Gasteiger partial charge in [-0.2, -0.15) is 26.3 Å². The van der Waals surface area contributed by atoms with E-state index in [-0.39, 0.29) is 17.8 Å². The van der Waals surface area contributed by atoms with Crippen molar-refractivity contribution in [3.05, 3.63) is 112 Å². The van der Waals surface area contributed by atoms with Crippen molar-refractivity contribution < 1.29 is 26.3 Å². The monoisotopic (exact) mass is 616 g/mol. The zero-order valence-electron chi connectivity index (χ0n) is 22.3. The van der Waals surface area contributed by atoms with Crippen molar-refractivity contribution in [3.63, 3.8) is 0 Å². The van der Waals surface area contributed by atoms with E-state index in [9.17, 15) is 26.3 Å². The van der Waals surface area contributed by atoms with Crippen molar-refractivity contribution in [2.75, 3.05) is 16.8 Å². The highest BCUT2D eigenvalue weighted by Gasteiger charge is 2.38. The predicted molar refractivity (Wildman–Crippen MR) is 151 cm³/mol. The lowest BCUT2D eigenvalue weighted by atomic mass is 9.89. The van der Waals surface area contributed by atoms with E-state index < -0.39 is 39.1 Å². The molecule has 0 amide bonds. The van der Waals surface area contributed by atoms with Crippen molar-refractivity contribution >= 4 is 34.6 Å². The van der Waals surface area contributed by atoms with E-state index in [0.29, 0.717) is 5.69 Å². The van der Waals surface area contributed by atoms with Crippen molar-refractivity contribution in [1.82, 2.24) is 9.97 Å². The maximum absolute atomic E-state index is 13.5. The Labute approximate surface area is 244 Å². The van der Waals surface area contributed by atoms with Gasteiger partial charge in [0.25, 0.3) is 0 Å². The zero-order chi connectivity index (χ0) is 30.4. The standard InChI is InChI=1S/C21H17Cl2F6N3.C8H11N/c1-19(2,12-3-5-17(22)15(7-12)20(24,25)26)32(10-13-9-30-11-31-13)14-4-6-18(23)16(8-14)21(27,28)29;1-2-9-8-6-4-3-5-7-8/h3-9,11H,10H2,1-2H3,(H,30,31);3-7,9H,2H2,1H3. The van der Waals surface area contributed by atoms with Crippen LogP contribution < -0.4 is 10.2 Å². The fraction of sp³-hybridized carbons (Fsp3) is 0.276. The summed E-state index contributed by atoms with van der Waals surface area (Å²) in [6.07, 6.45) is -6.53. The number of rotatable bonds is 7. The number of halogens is 8. The molecule has 0 spiro atoms. The number of alkyl halides is 6. The molecular weight excluding hydrogens is 589 g/mol. The van der Waals surface area contributed by atoms with E-state index in [2.05, 4.69) is 34.3 Å². The molecule has 1 aromatic heterocycles. The highest BCUT2D eigenvalue weighted by molar-refractivity contribution is 6.31. The number of hydrogen-bond donors (Lipinski definition) is 2. The molecule has 41 heavy (non-hydrogen) atoms. The Bertz CT molecular complexity index is 1410. The van der Waals surface area contributed by atoms with E-state index in [4.69, 9.17) is 23.2 Å². The first-order valence-electron chi connectivity index (χ1n) is 12.4. The molecule has 4 nitrogen and oxygen atoms in total. The van der Waals surface area contributed by atoms with Gasteiger partial charge in [0.15, 0.2) is 0 Å². The highest BCUT2D eigenvalue weighted by atomic mass is 35.5. The van der Waals surface area contributed by atoms with Crippen molar-refractivity contribution in [2.24, 2.45) is 0 Å². The third-order valence-electron chi connectivity index (χ3n) is 6.26. The lowest BCUT2D eigenvalue weighted by Gasteiger charge is -2.41. The average molecular weight is 617 g/mol. The topological polar surface area (TPSA) is 44.0 Å². The van der Waals surface area contributed by atoms with Crippen LogP contribution in [0.5, 0.6) is 0 Å². The predicted octanol–water partition coefficient (Wildman–Crippen LogP) is 9.81. The van der Waals surface area contributed by atoms with E-state index in [0.717, 1.165) is 30.8 Å². The Morgan fingerprint density at radius 3 is 1.95 bits per heavy atom. The van der Waals surface area contributed by atoms with Gasteiger partial charge in [0.05, 0.1) is 45.3 Å². The summed E-state index contributed by atoms with van der Waals surface area (Å²) in [7, 11) is 0. The molecule has 1 heterocycles. The van der Waals surface area contributed by atoms with Crippen molar-refractivity contribution in [1.29, 1.82) is 0 Å². The van der Waals surface area contributed by atoms with Crippen LogP contribution >= 0.6 is 23.2 Å². The van der Waals surface area contributed by atoms with Crippen LogP contribution in [0, 0.1) is 0 Å². The summed E-state index contributed by atoms with van der Waals surface area (Å²) in [6, 6.07) is 17.0. The number of anilines is 2. The van der Waals surface area contributed by atoms with Gasteiger partial charge < -0.3 is 15.2 Å². The number of aromatic amines is 1. The van der Waals surface area contributed by atoms with Crippen LogP contribution in [0.2, 0.25) is 10.0 Å². The van der Waals surface area contributed by atoms with Crippen molar-refractivity contribution in [3.8, 4) is 0 Å². The minimum Gasteiger partial charge on any atom is -0.385 e. The van der Waals surface area contributed by atoms with Gasteiger partial charge in [0.1, 0.15) is 0 Å². The molecule has 0 saturated heterocycles. The highest BCUT2D eigenvalue weighted by Crippen LogP contribution is 2.42. The Morgan fingerprint density at radius 1 is 0.829 bits per heavy atom. The largest absolute Gasteiger partial charge is 0.417 e. The molecule has 220 valence electrons. The summed E-state index contributed by atoms with van der Waals surface area (Å²) < 4.78 is 80.6. The second-order valence-corrected chi connectivity index (χ2v) is 10.3. The van der Waals surface area contributed by atoms with Gasteiger partial charge in [-0.25, -0.2) is 4.98 Å². The molecule has 0 bridgehead atoms. The van der Waals surface area contributed by atoms with E-state index in [1.54, 1.807) is 13.8 Å². The molecule has 0 fully saturated rings. The van der Waals surface area contributed by atoms with Gasteiger partial charge in [-0.3, -0.25) is 0 Å². The van der Waals surface area contributed by atoms with Crippen LogP contribution in [0.25, 0.3) is 0 Å². The average Bonchev–Trinajstić information content (AvgIpc) is 3.41. The molecular formula is C29H28Cl2F6N4. The number of nitrogens with one attached hydrogen (secondary N) is 2. The summed E-state index contributed by atoms with van der Waals surface area (Å²) in [4.78, 5) is 8.30. The van der Waals surface area contributed by atoms with Crippen LogP contribution in [0.3, 0.4) is 0 Å². The maximum atomic E-state index is 13.5. The first-order chi connectivity index (χ1) is 19.1. The van der Waals surface area contributed by atoms with Crippen LogP contribution in [-0.2, 0) is 24.4 Å². The smallest absolute Gasteiger partial charge is 0.385 e. The first-order valence-corrected chi connectivity index (χ1v) is 13.2. The van der Waals surface area contributed by atoms with Gasteiger partial charge in [-0.05, 0) is 68.8 Å². The number of nitrogens with zero attached hydrogens (tertiary/aromatic N) is 2. The SMILES string of the molecule is CC(C)(c1ccc(Cl)c(C(F)(F)F)c1)N(Cc1cnc[nH]1)c1ccc(Cl)c(C(F)(F)F)c1.CCNc1ccccc1. The van der Waals surface area contributed by atoms with Crippen molar-refractivity contribution in [2.45, 2.75) is 45.2 Å². The molecule has 0 radical (unpaired) electrons. The lowest BCUT2D eigenvalue weighted by Crippen LogP contribution is -2.41. The number of H-pyrrole nitrogens is 1. The van der Waals surface area contributed by atoms with E-state index in [1.807, 2.05) is 18.2 Å². The summed E-state index contributed by atoms with van der Waals surface area (Å²) in [5, 5.41) is 2.26. The lowest BCUT2D eigenvalue weighted by molar-refractivity contribution is -0.138. The molecule has 0 atom stereocenters. The summed E-state index contributed by atoms with van der Waals surface area (Å²) in [5.74, 6) is 0. The van der Waals surface area contributed by atoms with Crippen LogP contribution in [0.4, 0.5) is 37.7 Å². The van der Waals surface area contributed by atoms with Gasteiger partial charge in [-0.1, -0.05) is 47.5 Å². The van der Waals surface area contributed by atoms with Gasteiger partial charge in [0.2, 0.25) is 0 Å². The van der Waals surface area contributed by atoms with Crippen LogP contribution in [0.1, 0.15) is 43.2 Å². The number of aromatic nitrogens is 2. The molecule has 0 saturated carbocycles. The summed E-state index contributed by atoms with van der Waals surface area (Å²) in [5.41, 5.74) is -1.20. The minimum absolute atomic E-state index is 0.0376. The number of benzene rings is 3. The second kappa shape index (κ2) is 13.1. The molecule has 2 N–H and O–H groups in total. The van der Waals surface area contributed by atoms with Gasteiger partial charge in [0, 0.05) is 24.1 Å². The fourth-order valence-electron chi connectivity index (χ4n) is 4.09.